The molecule has 144 valence electrons. The van der Waals surface area contributed by atoms with E-state index in [4.69, 9.17) is 4.74 Å². The van der Waals surface area contributed by atoms with Crippen LogP contribution in [-0.4, -0.2) is 51.4 Å². The predicted molar refractivity (Wildman–Crippen MR) is 102 cm³/mol. The Morgan fingerprint density at radius 2 is 2.04 bits per heavy atom. The second-order valence-corrected chi connectivity index (χ2v) is 7.66. The summed E-state index contributed by atoms with van der Waals surface area (Å²) in [6.07, 6.45) is 4.90. The molecule has 1 aromatic carbocycles. The molecule has 0 radical (unpaired) electrons. The zero-order valence-electron chi connectivity index (χ0n) is 16.0. The van der Waals surface area contributed by atoms with Gasteiger partial charge in [-0.05, 0) is 38.2 Å². The fraction of sp³-hybridized carbons (Fsp3) is 0.571. The van der Waals surface area contributed by atoms with Gasteiger partial charge in [0.1, 0.15) is 11.6 Å². The molecule has 3 heterocycles. The van der Waals surface area contributed by atoms with Crippen molar-refractivity contribution in [1.29, 1.82) is 0 Å². The van der Waals surface area contributed by atoms with E-state index in [0.29, 0.717) is 6.54 Å². The summed E-state index contributed by atoms with van der Waals surface area (Å²) in [5.74, 6) is 2.23. The van der Waals surface area contributed by atoms with Crippen LogP contribution in [0.25, 0.3) is 0 Å². The van der Waals surface area contributed by atoms with E-state index in [0.717, 1.165) is 63.4 Å². The highest BCUT2D eigenvalue weighted by Gasteiger charge is 2.34. The van der Waals surface area contributed by atoms with Crippen molar-refractivity contribution >= 4 is 5.91 Å². The summed E-state index contributed by atoms with van der Waals surface area (Å²) in [4.78, 5) is 14.9. The van der Waals surface area contributed by atoms with Crippen molar-refractivity contribution < 1.29 is 9.53 Å². The van der Waals surface area contributed by atoms with E-state index in [9.17, 15) is 4.79 Å². The highest BCUT2D eigenvalue weighted by molar-refractivity contribution is 5.79. The molecule has 0 saturated carbocycles. The molecule has 0 bridgehead atoms. The highest BCUT2D eigenvalue weighted by atomic mass is 16.5. The number of fused-ring (bicyclic) bond motifs is 1. The van der Waals surface area contributed by atoms with Crippen LogP contribution in [0.5, 0.6) is 0 Å². The number of hydrogen-bond donors (Lipinski definition) is 0. The van der Waals surface area contributed by atoms with Crippen molar-refractivity contribution in [3.05, 3.63) is 47.5 Å². The average Bonchev–Trinajstić information content (AvgIpc) is 3.32. The lowest BCUT2D eigenvalue weighted by Gasteiger charge is -2.27. The summed E-state index contributed by atoms with van der Waals surface area (Å²) in [5, 5.41) is 8.32. The van der Waals surface area contributed by atoms with Gasteiger partial charge < -0.3 is 14.2 Å². The normalized spacial score (nSPS) is 22.0. The molecule has 1 amide bonds. The minimum atomic E-state index is 0.0454. The van der Waals surface area contributed by atoms with Crippen LogP contribution in [0.15, 0.2) is 30.3 Å². The average molecular weight is 368 g/mol. The van der Waals surface area contributed by atoms with Crippen LogP contribution in [0, 0.1) is 12.8 Å². The Kier molecular flexibility index (Phi) is 5.53. The van der Waals surface area contributed by atoms with Crippen LogP contribution in [0.2, 0.25) is 0 Å². The summed E-state index contributed by atoms with van der Waals surface area (Å²) < 4.78 is 8.13. The molecule has 1 aromatic heterocycles. The Morgan fingerprint density at radius 3 is 2.89 bits per heavy atom. The Morgan fingerprint density at radius 1 is 1.19 bits per heavy atom. The molecular formula is C21H28N4O2. The van der Waals surface area contributed by atoms with Crippen molar-refractivity contribution in [1.82, 2.24) is 19.7 Å². The number of ether oxygens (including phenoxy) is 1. The maximum atomic E-state index is 12.9. The Bertz CT molecular complexity index is 774. The largest absolute Gasteiger partial charge is 0.376 e. The van der Waals surface area contributed by atoms with Gasteiger partial charge in [0, 0.05) is 32.7 Å². The third kappa shape index (κ3) is 4.21. The number of nitrogens with zero attached hydrogens (tertiary/aromatic N) is 4. The molecule has 2 aromatic rings. The topological polar surface area (TPSA) is 60.2 Å². The SMILES string of the molecule is Cc1nnc2n1C[C@@H](C(=O)N1CC[C@H](OCCCc3ccccc3)C1)CC2. The third-order valence-corrected chi connectivity index (χ3v) is 5.74. The van der Waals surface area contributed by atoms with Gasteiger partial charge in [-0.1, -0.05) is 30.3 Å². The summed E-state index contributed by atoms with van der Waals surface area (Å²) in [7, 11) is 0. The number of carbonyl (C=O) groups excluding carboxylic acids is 1. The Hall–Kier alpha value is -2.21. The van der Waals surface area contributed by atoms with Crippen molar-refractivity contribution in [3.63, 3.8) is 0 Å². The second kappa shape index (κ2) is 8.21. The van der Waals surface area contributed by atoms with E-state index in [1.165, 1.54) is 5.56 Å². The van der Waals surface area contributed by atoms with E-state index in [-0.39, 0.29) is 17.9 Å². The molecule has 0 unspecified atom stereocenters. The first-order chi connectivity index (χ1) is 13.2. The molecule has 2 atom stereocenters. The molecule has 1 fully saturated rings. The first-order valence-corrected chi connectivity index (χ1v) is 10.0. The number of carbonyl (C=O) groups is 1. The van der Waals surface area contributed by atoms with E-state index in [2.05, 4.69) is 39.0 Å². The summed E-state index contributed by atoms with van der Waals surface area (Å²) in [6, 6.07) is 10.5. The van der Waals surface area contributed by atoms with Gasteiger partial charge in [-0.25, -0.2) is 0 Å². The number of likely N-dealkylation sites (tertiary alicyclic amines) is 1. The van der Waals surface area contributed by atoms with Crippen LogP contribution in [-0.2, 0) is 28.9 Å². The van der Waals surface area contributed by atoms with Gasteiger partial charge in [0.2, 0.25) is 5.91 Å². The maximum Gasteiger partial charge on any atom is 0.227 e. The summed E-state index contributed by atoms with van der Waals surface area (Å²) >= 11 is 0. The zero-order valence-corrected chi connectivity index (χ0v) is 16.0. The smallest absolute Gasteiger partial charge is 0.227 e. The van der Waals surface area contributed by atoms with Crippen molar-refractivity contribution in [2.24, 2.45) is 5.92 Å². The van der Waals surface area contributed by atoms with Gasteiger partial charge in [-0.2, -0.15) is 0 Å². The number of rotatable bonds is 6. The van der Waals surface area contributed by atoms with Gasteiger partial charge in [0.05, 0.1) is 12.0 Å². The van der Waals surface area contributed by atoms with Gasteiger partial charge in [0.15, 0.2) is 0 Å². The lowest BCUT2D eigenvalue weighted by atomic mass is 9.98. The Balaban J connectivity index is 1.21. The number of hydrogen-bond acceptors (Lipinski definition) is 4. The molecule has 1 saturated heterocycles. The van der Waals surface area contributed by atoms with Crippen molar-refractivity contribution in [2.75, 3.05) is 19.7 Å². The lowest BCUT2D eigenvalue weighted by Crippen LogP contribution is -2.39. The van der Waals surface area contributed by atoms with Crippen LogP contribution in [0.3, 0.4) is 0 Å². The first kappa shape index (κ1) is 18.2. The van der Waals surface area contributed by atoms with Gasteiger partial charge in [-0.3, -0.25) is 4.79 Å². The molecule has 27 heavy (non-hydrogen) atoms. The summed E-state index contributed by atoms with van der Waals surface area (Å²) in [5.41, 5.74) is 1.35. The molecule has 2 aliphatic heterocycles. The highest BCUT2D eigenvalue weighted by Crippen LogP contribution is 2.24. The molecule has 0 N–H and O–H groups in total. The standard InChI is InChI=1S/C21H28N4O2/c1-16-22-23-20-10-9-18(14-25(16)20)21(26)24-12-11-19(15-24)27-13-5-8-17-6-3-2-4-7-17/h2-4,6-7,18-19H,5,8-15H2,1H3/t18-,19-/m0/s1. The number of benzene rings is 1. The third-order valence-electron chi connectivity index (χ3n) is 5.74. The van der Waals surface area contributed by atoms with E-state index < -0.39 is 0 Å². The Labute approximate surface area is 160 Å². The molecular weight excluding hydrogens is 340 g/mol. The maximum absolute atomic E-state index is 12.9. The number of amides is 1. The van der Waals surface area contributed by atoms with Crippen LogP contribution in [0.1, 0.15) is 36.5 Å². The quantitative estimate of drug-likeness (QED) is 0.735. The van der Waals surface area contributed by atoms with Crippen molar-refractivity contribution in [2.45, 2.75) is 51.7 Å². The first-order valence-electron chi connectivity index (χ1n) is 10.0. The monoisotopic (exact) mass is 368 g/mol. The predicted octanol–water partition coefficient (Wildman–Crippen LogP) is 2.40. The van der Waals surface area contributed by atoms with Crippen LogP contribution in [0.4, 0.5) is 0 Å². The fourth-order valence-corrected chi connectivity index (χ4v) is 4.16. The summed E-state index contributed by atoms with van der Waals surface area (Å²) in [6.45, 7) is 4.97. The van der Waals surface area contributed by atoms with Gasteiger partial charge in [-0.15, -0.1) is 10.2 Å². The minimum absolute atomic E-state index is 0.0454. The number of aryl methyl sites for hydroxylation is 3. The molecule has 4 rings (SSSR count). The van der Waals surface area contributed by atoms with Crippen LogP contribution >= 0.6 is 0 Å². The molecule has 6 heteroatoms. The molecule has 0 spiro atoms. The zero-order chi connectivity index (χ0) is 18.6. The van der Waals surface area contributed by atoms with Gasteiger partial charge >= 0.3 is 0 Å². The second-order valence-electron chi connectivity index (χ2n) is 7.66. The number of aromatic nitrogens is 3. The van der Waals surface area contributed by atoms with E-state index in [1.54, 1.807) is 0 Å². The fourth-order valence-electron chi connectivity index (χ4n) is 4.16. The van der Waals surface area contributed by atoms with E-state index >= 15 is 0 Å². The molecule has 2 aliphatic rings. The minimum Gasteiger partial charge on any atom is -0.376 e. The molecule has 0 aliphatic carbocycles. The van der Waals surface area contributed by atoms with Gasteiger partial charge in [0.25, 0.3) is 0 Å². The lowest BCUT2D eigenvalue weighted by molar-refractivity contribution is -0.136. The van der Waals surface area contributed by atoms with Crippen molar-refractivity contribution in [3.8, 4) is 0 Å². The van der Waals surface area contributed by atoms with Crippen LogP contribution < -0.4 is 0 Å². The van der Waals surface area contributed by atoms with E-state index in [1.807, 2.05) is 17.9 Å². The molecule has 6 nitrogen and oxygen atoms in total.